The first kappa shape index (κ1) is 34.7. The largest absolute Gasteiger partial charge is 0.465 e. The minimum atomic E-state index is -4.08. The zero-order chi connectivity index (χ0) is 30.3. The van der Waals surface area contributed by atoms with Crippen molar-refractivity contribution in [3.63, 3.8) is 0 Å². The fraction of sp³-hybridized carbons (Fsp3) is 0.690. The summed E-state index contributed by atoms with van der Waals surface area (Å²) in [6.45, 7) is 6.08. The number of rotatable bonds is 18. The van der Waals surface area contributed by atoms with E-state index in [1.807, 2.05) is 37.3 Å². The summed E-state index contributed by atoms with van der Waals surface area (Å²) in [6.07, 6.45) is 4.57. The van der Waals surface area contributed by atoms with Crippen LogP contribution in [0.25, 0.3) is 0 Å². The molecule has 41 heavy (non-hydrogen) atoms. The van der Waals surface area contributed by atoms with E-state index in [4.69, 9.17) is 9.05 Å². The summed E-state index contributed by atoms with van der Waals surface area (Å²) in [5.41, 5.74) is 1.10. The van der Waals surface area contributed by atoms with Gasteiger partial charge < -0.3 is 34.8 Å². The van der Waals surface area contributed by atoms with Crippen LogP contribution < -0.4 is 10.6 Å². The van der Waals surface area contributed by atoms with Crippen LogP contribution in [0, 0.1) is 5.92 Å². The number of benzene rings is 1. The lowest BCUT2D eigenvalue weighted by molar-refractivity contribution is -0.132. The van der Waals surface area contributed by atoms with Gasteiger partial charge in [-0.25, -0.2) is 4.79 Å². The highest BCUT2D eigenvalue weighted by molar-refractivity contribution is 7.54. The van der Waals surface area contributed by atoms with E-state index in [2.05, 4.69) is 10.6 Å². The molecular formula is C29H48N3O8P. The molecule has 0 aromatic heterocycles. The molecule has 0 heterocycles. The van der Waals surface area contributed by atoms with Gasteiger partial charge in [0.1, 0.15) is 6.04 Å². The van der Waals surface area contributed by atoms with Crippen LogP contribution in [0.3, 0.4) is 0 Å². The molecule has 1 aromatic rings. The maximum atomic E-state index is 13.4. The number of hydrogen-bond donors (Lipinski definition) is 4. The molecule has 4 N–H and O–H groups in total. The highest BCUT2D eigenvalue weighted by Gasteiger charge is 2.41. The molecule has 1 aliphatic rings. The van der Waals surface area contributed by atoms with Crippen molar-refractivity contribution in [2.45, 2.75) is 96.5 Å². The highest BCUT2D eigenvalue weighted by atomic mass is 31.2. The van der Waals surface area contributed by atoms with Gasteiger partial charge in [-0.15, -0.1) is 0 Å². The molecule has 3 atom stereocenters. The number of amides is 3. The third-order valence-electron chi connectivity index (χ3n) is 7.45. The molecule has 1 saturated carbocycles. The van der Waals surface area contributed by atoms with Crippen LogP contribution in [0.5, 0.6) is 0 Å². The lowest BCUT2D eigenvalue weighted by Crippen LogP contribution is -2.53. The fourth-order valence-electron chi connectivity index (χ4n) is 5.29. The number of aliphatic hydroxyl groups excluding tert-OH is 1. The third kappa shape index (κ3) is 11.7. The lowest BCUT2D eigenvalue weighted by atomic mass is 9.84. The summed E-state index contributed by atoms with van der Waals surface area (Å²) in [5.74, 6) is -2.39. The number of carbonyl (C=O) groups is 3. The second kappa shape index (κ2) is 18.2. The standard InChI is InChI=1S/C29H48N3O8P/c1-4-32(20-19-22-13-9-7-10-14-22)26(33)18-17-24(28(35)41(38,39-5-2)40-6-3)30-27(34)25(31-29(36)37)21-23-15-11-8-12-16-23/h7,9-10,13-14,23-25,28,31,35H,4-6,8,11-12,15-21H2,1-3H3,(H,30,34)(H,36,37)/t24-,25-,28?/m0/s1. The van der Waals surface area contributed by atoms with E-state index in [0.29, 0.717) is 25.9 Å². The minimum Gasteiger partial charge on any atom is -0.465 e. The number of carbonyl (C=O) groups excluding carboxylic acids is 2. The van der Waals surface area contributed by atoms with Gasteiger partial charge in [0.2, 0.25) is 11.8 Å². The van der Waals surface area contributed by atoms with Gasteiger partial charge in [-0.1, -0.05) is 62.4 Å². The predicted molar refractivity (Wildman–Crippen MR) is 157 cm³/mol. The molecule has 2 rings (SSSR count). The number of nitrogens with one attached hydrogen (secondary N) is 2. The average molecular weight is 598 g/mol. The molecule has 3 amide bonds. The van der Waals surface area contributed by atoms with E-state index >= 15 is 0 Å². The molecule has 1 fully saturated rings. The van der Waals surface area contributed by atoms with Crippen molar-refractivity contribution in [3.8, 4) is 0 Å². The number of aliphatic hydroxyl groups is 1. The molecule has 0 saturated heterocycles. The van der Waals surface area contributed by atoms with Gasteiger partial charge in [-0.2, -0.15) is 0 Å². The Hall–Kier alpha value is -2.46. The number of nitrogens with zero attached hydrogens (tertiary/aromatic N) is 1. The van der Waals surface area contributed by atoms with E-state index in [-0.39, 0.29) is 37.9 Å². The quantitative estimate of drug-likeness (QED) is 0.180. The molecule has 1 aliphatic carbocycles. The first-order valence-electron chi connectivity index (χ1n) is 14.8. The topological polar surface area (TPSA) is 154 Å². The molecule has 0 bridgehead atoms. The Morgan fingerprint density at radius 2 is 1.66 bits per heavy atom. The lowest BCUT2D eigenvalue weighted by Gasteiger charge is -2.32. The van der Waals surface area contributed by atoms with E-state index in [0.717, 1.165) is 37.7 Å². The van der Waals surface area contributed by atoms with Crippen molar-refractivity contribution in [2.24, 2.45) is 5.92 Å². The SMILES string of the molecule is CCOP(=O)(OCC)C(O)[C@H](CCC(=O)N(CC)CCc1ccccc1)NC(=O)[C@H](CC1CCCCC1)NC(=O)O. The summed E-state index contributed by atoms with van der Waals surface area (Å²) in [7, 11) is -4.08. The van der Waals surface area contributed by atoms with Crippen LogP contribution >= 0.6 is 7.60 Å². The Labute approximate surface area is 243 Å². The predicted octanol–water partition coefficient (Wildman–Crippen LogP) is 4.53. The molecule has 0 radical (unpaired) electrons. The van der Waals surface area contributed by atoms with Gasteiger partial charge in [-0.3, -0.25) is 14.2 Å². The van der Waals surface area contributed by atoms with Crippen LogP contribution in [0.15, 0.2) is 30.3 Å². The van der Waals surface area contributed by atoms with Crippen LogP contribution in [-0.2, 0) is 29.6 Å². The smallest absolute Gasteiger partial charge is 0.405 e. The molecular weight excluding hydrogens is 549 g/mol. The molecule has 1 unspecified atom stereocenters. The summed E-state index contributed by atoms with van der Waals surface area (Å²) in [4.78, 5) is 39.8. The zero-order valence-electron chi connectivity index (χ0n) is 24.6. The van der Waals surface area contributed by atoms with E-state index in [9.17, 15) is 29.2 Å². The van der Waals surface area contributed by atoms with Crippen molar-refractivity contribution < 1.29 is 38.2 Å². The normalized spacial score (nSPS) is 16.4. The minimum absolute atomic E-state index is 0.00189. The van der Waals surface area contributed by atoms with Gasteiger partial charge >= 0.3 is 13.7 Å². The summed E-state index contributed by atoms with van der Waals surface area (Å²) < 4.78 is 24.1. The van der Waals surface area contributed by atoms with Crippen LogP contribution in [0.4, 0.5) is 4.79 Å². The first-order chi connectivity index (χ1) is 19.6. The third-order valence-corrected chi connectivity index (χ3v) is 9.70. The van der Waals surface area contributed by atoms with E-state index in [1.54, 1.807) is 18.7 Å². The average Bonchev–Trinajstić information content (AvgIpc) is 2.95. The second-order valence-electron chi connectivity index (χ2n) is 10.4. The Morgan fingerprint density at radius 1 is 1.02 bits per heavy atom. The number of likely N-dealkylation sites (N-methyl/N-ethyl adjacent to an activating group) is 1. The van der Waals surface area contributed by atoms with Gasteiger partial charge in [0, 0.05) is 19.5 Å². The Balaban J connectivity index is 2.19. The van der Waals surface area contributed by atoms with Crippen molar-refractivity contribution in [2.75, 3.05) is 26.3 Å². The molecule has 12 heteroatoms. The van der Waals surface area contributed by atoms with Gasteiger partial charge in [0.05, 0.1) is 19.3 Å². The van der Waals surface area contributed by atoms with Crippen molar-refractivity contribution in [1.29, 1.82) is 0 Å². The highest BCUT2D eigenvalue weighted by Crippen LogP contribution is 2.53. The second-order valence-corrected chi connectivity index (χ2v) is 12.5. The Morgan fingerprint density at radius 3 is 2.22 bits per heavy atom. The number of hydrogen-bond acceptors (Lipinski definition) is 7. The molecule has 0 aliphatic heterocycles. The fourth-order valence-corrected chi connectivity index (χ4v) is 7.06. The maximum Gasteiger partial charge on any atom is 0.405 e. The summed E-state index contributed by atoms with van der Waals surface area (Å²) >= 11 is 0. The molecule has 232 valence electrons. The van der Waals surface area contributed by atoms with E-state index in [1.165, 1.54) is 0 Å². The molecule has 0 spiro atoms. The van der Waals surface area contributed by atoms with Crippen LogP contribution in [0.1, 0.15) is 77.7 Å². The van der Waals surface area contributed by atoms with Crippen molar-refractivity contribution in [3.05, 3.63) is 35.9 Å². The monoisotopic (exact) mass is 597 g/mol. The first-order valence-corrected chi connectivity index (χ1v) is 16.4. The maximum absolute atomic E-state index is 13.4. The Kier molecular flexibility index (Phi) is 15.4. The van der Waals surface area contributed by atoms with Crippen LogP contribution in [0.2, 0.25) is 0 Å². The zero-order valence-corrected chi connectivity index (χ0v) is 25.5. The van der Waals surface area contributed by atoms with Gasteiger partial charge in [0.15, 0.2) is 5.85 Å². The van der Waals surface area contributed by atoms with E-state index < -0.39 is 37.5 Å². The van der Waals surface area contributed by atoms with Crippen molar-refractivity contribution in [1.82, 2.24) is 15.5 Å². The van der Waals surface area contributed by atoms with Crippen molar-refractivity contribution >= 4 is 25.5 Å². The van der Waals surface area contributed by atoms with Crippen LogP contribution in [-0.4, -0.2) is 77.3 Å². The van der Waals surface area contributed by atoms with Gasteiger partial charge in [-0.05, 0) is 51.5 Å². The Bertz CT molecular complexity index is 980. The molecule has 11 nitrogen and oxygen atoms in total. The summed E-state index contributed by atoms with van der Waals surface area (Å²) in [6, 6.07) is 7.57. The summed E-state index contributed by atoms with van der Waals surface area (Å²) in [5, 5.41) is 25.6. The van der Waals surface area contributed by atoms with Gasteiger partial charge in [0.25, 0.3) is 0 Å². The molecule has 1 aromatic carbocycles. The number of carboxylic acid groups (broad SMARTS) is 1.